The first-order chi connectivity index (χ1) is 4.91. The number of hydrogen-bond donors (Lipinski definition) is 3. The molecule has 11 heavy (non-hydrogen) atoms. The summed E-state index contributed by atoms with van der Waals surface area (Å²) in [7, 11) is -4.36. The van der Waals surface area contributed by atoms with Crippen LogP contribution in [0.4, 0.5) is 0 Å². The standard InChI is InChI=1S/C4H7NO5S/c6-3-1-2(4(7)5-3)11(8,9)10/h2-3,6H,1H2,(H,5,7)(H,8,9,10). The van der Waals surface area contributed by atoms with Crippen LogP contribution in [0.2, 0.25) is 0 Å². The Hall–Kier alpha value is -0.660. The van der Waals surface area contributed by atoms with E-state index in [9.17, 15) is 13.2 Å². The first kappa shape index (κ1) is 8.44. The summed E-state index contributed by atoms with van der Waals surface area (Å²) < 4.78 is 29.2. The van der Waals surface area contributed by atoms with Crippen molar-refractivity contribution in [2.45, 2.75) is 17.9 Å². The molecule has 0 aromatic heterocycles. The Bertz CT molecular complexity index is 270. The molecule has 1 fully saturated rings. The van der Waals surface area contributed by atoms with Crippen molar-refractivity contribution in [3.63, 3.8) is 0 Å². The molecule has 2 unspecified atom stereocenters. The number of hydrogen-bond acceptors (Lipinski definition) is 4. The van der Waals surface area contributed by atoms with E-state index >= 15 is 0 Å². The molecule has 0 aliphatic carbocycles. The lowest BCUT2D eigenvalue weighted by atomic mass is 10.3. The van der Waals surface area contributed by atoms with Crippen molar-refractivity contribution in [2.24, 2.45) is 0 Å². The molecule has 0 bridgehead atoms. The highest BCUT2D eigenvalue weighted by atomic mass is 32.2. The first-order valence-electron chi connectivity index (χ1n) is 2.86. The van der Waals surface area contributed by atoms with Crippen LogP contribution in [0.3, 0.4) is 0 Å². The number of aliphatic hydroxyl groups is 1. The van der Waals surface area contributed by atoms with Gasteiger partial charge in [0.1, 0.15) is 6.23 Å². The van der Waals surface area contributed by atoms with Crippen LogP contribution >= 0.6 is 0 Å². The van der Waals surface area contributed by atoms with Gasteiger partial charge >= 0.3 is 0 Å². The summed E-state index contributed by atoms with van der Waals surface area (Å²) in [4.78, 5) is 10.6. The van der Waals surface area contributed by atoms with Gasteiger partial charge in [-0.3, -0.25) is 9.35 Å². The van der Waals surface area contributed by atoms with Crippen LogP contribution < -0.4 is 5.32 Å². The molecule has 1 aliphatic heterocycles. The molecule has 64 valence electrons. The van der Waals surface area contributed by atoms with Crippen molar-refractivity contribution in [3.05, 3.63) is 0 Å². The van der Waals surface area contributed by atoms with Gasteiger partial charge in [-0.25, -0.2) is 0 Å². The first-order valence-corrected chi connectivity index (χ1v) is 4.36. The average Bonchev–Trinajstić information content (AvgIpc) is 2.08. The van der Waals surface area contributed by atoms with Gasteiger partial charge in [0, 0.05) is 6.42 Å². The number of amides is 1. The van der Waals surface area contributed by atoms with E-state index < -0.39 is 27.5 Å². The Kier molecular flexibility index (Phi) is 1.87. The van der Waals surface area contributed by atoms with Crippen molar-refractivity contribution in [1.29, 1.82) is 0 Å². The maximum absolute atomic E-state index is 10.6. The topological polar surface area (TPSA) is 104 Å². The van der Waals surface area contributed by atoms with Gasteiger partial charge in [0.2, 0.25) is 5.91 Å². The highest BCUT2D eigenvalue weighted by Crippen LogP contribution is 2.12. The fourth-order valence-electron chi connectivity index (χ4n) is 0.883. The minimum absolute atomic E-state index is 0.294. The van der Waals surface area contributed by atoms with E-state index in [2.05, 4.69) is 0 Å². The normalized spacial score (nSPS) is 32.0. The smallest absolute Gasteiger partial charge is 0.277 e. The largest absolute Gasteiger partial charge is 0.374 e. The minimum Gasteiger partial charge on any atom is -0.374 e. The second-order valence-electron chi connectivity index (χ2n) is 2.26. The maximum atomic E-state index is 10.6. The fraction of sp³-hybridized carbons (Fsp3) is 0.750. The molecule has 1 heterocycles. The van der Waals surface area contributed by atoms with Crippen molar-refractivity contribution in [2.75, 3.05) is 0 Å². The Balaban J connectivity index is 2.85. The molecule has 7 heteroatoms. The van der Waals surface area contributed by atoms with Crippen LogP contribution in [0.1, 0.15) is 6.42 Å². The molecule has 1 saturated heterocycles. The Morgan fingerprint density at radius 1 is 1.55 bits per heavy atom. The highest BCUT2D eigenvalue weighted by molar-refractivity contribution is 7.87. The number of aliphatic hydroxyl groups excluding tert-OH is 1. The second-order valence-corrected chi connectivity index (χ2v) is 3.86. The van der Waals surface area contributed by atoms with Gasteiger partial charge in [0.25, 0.3) is 10.1 Å². The zero-order valence-electron chi connectivity index (χ0n) is 5.39. The monoisotopic (exact) mass is 181 g/mol. The molecule has 1 rings (SSSR count). The van der Waals surface area contributed by atoms with Crippen molar-refractivity contribution < 1.29 is 22.9 Å². The van der Waals surface area contributed by atoms with Crippen LogP contribution in [0.25, 0.3) is 0 Å². The van der Waals surface area contributed by atoms with Crippen LogP contribution in [-0.2, 0) is 14.9 Å². The number of rotatable bonds is 1. The van der Waals surface area contributed by atoms with Crippen LogP contribution in [0, 0.1) is 0 Å². The van der Waals surface area contributed by atoms with Gasteiger partial charge in [-0.2, -0.15) is 8.42 Å². The zero-order chi connectivity index (χ0) is 8.65. The summed E-state index contributed by atoms with van der Waals surface area (Å²) in [5, 5.41) is 9.16. The predicted molar refractivity (Wildman–Crippen MR) is 34.1 cm³/mol. The van der Waals surface area contributed by atoms with E-state index in [1.54, 1.807) is 0 Å². The SMILES string of the molecule is O=C1NC(O)CC1S(=O)(=O)O. The zero-order valence-corrected chi connectivity index (χ0v) is 6.21. The third kappa shape index (κ3) is 1.67. The molecule has 0 spiro atoms. The number of carbonyl (C=O) groups is 1. The molecule has 0 saturated carbocycles. The Morgan fingerprint density at radius 2 is 2.09 bits per heavy atom. The lowest BCUT2D eigenvalue weighted by Gasteiger charge is -1.99. The molecule has 0 radical (unpaired) electrons. The summed E-state index contributed by atoms with van der Waals surface area (Å²) in [5.41, 5.74) is 0. The lowest BCUT2D eigenvalue weighted by Crippen LogP contribution is -2.30. The van der Waals surface area contributed by atoms with Gasteiger partial charge in [-0.1, -0.05) is 0 Å². The summed E-state index contributed by atoms with van der Waals surface area (Å²) in [6.45, 7) is 0. The summed E-state index contributed by atoms with van der Waals surface area (Å²) in [6.07, 6.45) is -1.47. The number of nitrogens with one attached hydrogen (secondary N) is 1. The van der Waals surface area contributed by atoms with E-state index in [1.807, 2.05) is 5.32 Å². The minimum atomic E-state index is -4.36. The Labute approximate surface area is 63.0 Å². The van der Waals surface area contributed by atoms with Crippen LogP contribution in [0.5, 0.6) is 0 Å². The molecule has 6 nitrogen and oxygen atoms in total. The maximum Gasteiger partial charge on any atom is 0.277 e. The van der Waals surface area contributed by atoms with Gasteiger partial charge < -0.3 is 10.4 Å². The van der Waals surface area contributed by atoms with E-state index in [-0.39, 0.29) is 6.42 Å². The molecule has 1 amide bonds. The van der Waals surface area contributed by atoms with Gasteiger partial charge in [-0.15, -0.1) is 0 Å². The summed E-state index contributed by atoms with van der Waals surface area (Å²) in [6, 6.07) is 0. The third-order valence-corrected chi connectivity index (χ3v) is 2.52. The molecule has 1 aliphatic rings. The summed E-state index contributed by atoms with van der Waals surface area (Å²) >= 11 is 0. The van der Waals surface area contributed by atoms with E-state index in [1.165, 1.54) is 0 Å². The van der Waals surface area contributed by atoms with Crippen molar-refractivity contribution in [1.82, 2.24) is 5.32 Å². The fourth-order valence-corrected chi connectivity index (χ4v) is 1.65. The lowest BCUT2D eigenvalue weighted by molar-refractivity contribution is -0.119. The predicted octanol–water partition coefficient (Wildman–Crippen LogP) is -1.92. The Morgan fingerprint density at radius 3 is 2.27 bits per heavy atom. The van der Waals surface area contributed by atoms with Gasteiger partial charge in [-0.05, 0) is 0 Å². The van der Waals surface area contributed by atoms with E-state index in [4.69, 9.17) is 9.66 Å². The van der Waals surface area contributed by atoms with E-state index in [0.717, 1.165) is 0 Å². The molecule has 2 atom stereocenters. The second kappa shape index (κ2) is 2.43. The van der Waals surface area contributed by atoms with Crippen LogP contribution in [0.15, 0.2) is 0 Å². The van der Waals surface area contributed by atoms with Crippen molar-refractivity contribution >= 4 is 16.0 Å². The summed E-state index contributed by atoms with van der Waals surface area (Å²) in [5.74, 6) is -0.861. The van der Waals surface area contributed by atoms with Gasteiger partial charge in [0.05, 0.1) is 0 Å². The van der Waals surface area contributed by atoms with Crippen molar-refractivity contribution in [3.8, 4) is 0 Å². The molecular formula is C4H7NO5S. The van der Waals surface area contributed by atoms with Gasteiger partial charge in [0.15, 0.2) is 5.25 Å². The number of carbonyl (C=O) groups excluding carboxylic acids is 1. The van der Waals surface area contributed by atoms with Crippen LogP contribution in [-0.4, -0.2) is 35.5 Å². The quantitative estimate of drug-likeness (QED) is 0.409. The molecule has 0 aromatic rings. The molecule has 3 N–H and O–H groups in total. The third-order valence-electron chi connectivity index (χ3n) is 1.40. The molecule has 0 aromatic carbocycles. The van der Waals surface area contributed by atoms with E-state index in [0.29, 0.717) is 0 Å². The molecular weight excluding hydrogens is 174 g/mol. The average molecular weight is 181 g/mol. The highest BCUT2D eigenvalue weighted by Gasteiger charge is 2.39.